The lowest BCUT2D eigenvalue weighted by atomic mass is 10.1. The molecule has 0 radical (unpaired) electrons. The molecule has 0 aliphatic rings. The summed E-state index contributed by atoms with van der Waals surface area (Å²) in [5.74, 6) is -0.0761. The number of hydrogen-bond acceptors (Lipinski definition) is 2. The Balaban J connectivity index is 2.35. The lowest BCUT2D eigenvalue weighted by molar-refractivity contribution is -0.117. The van der Waals surface area contributed by atoms with Crippen molar-refractivity contribution in [1.82, 2.24) is 5.32 Å². The second-order valence-electron chi connectivity index (χ2n) is 3.94. The van der Waals surface area contributed by atoms with Crippen molar-refractivity contribution in [3.05, 3.63) is 47.5 Å². The van der Waals surface area contributed by atoms with E-state index in [0.29, 0.717) is 18.5 Å². The van der Waals surface area contributed by atoms with Crippen LogP contribution in [0.4, 0.5) is 0 Å². The maximum absolute atomic E-state index is 11.4. The topological polar surface area (TPSA) is 49.3 Å². The number of hydrogen-bond donors (Lipinski definition) is 2. The first-order valence-electron chi connectivity index (χ1n) is 5.79. The highest BCUT2D eigenvalue weighted by atomic mass is 16.3. The first kappa shape index (κ1) is 13.5. The zero-order valence-electron chi connectivity index (χ0n) is 10.3. The van der Waals surface area contributed by atoms with Gasteiger partial charge in [-0.2, -0.15) is 0 Å². The molecule has 1 aromatic rings. The van der Waals surface area contributed by atoms with Crippen LogP contribution in [0.3, 0.4) is 0 Å². The highest BCUT2D eigenvalue weighted by Gasteiger charge is 2.07. The van der Waals surface area contributed by atoms with Crippen molar-refractivity contribution < 1.29 is 9.90 Å². The van der Waals surface area contributed by atoms with E-state index in [1.54, 1.807) is 13.0 Å². The highest BCUT2D eigenvalue weighted by Crippen LogP contribution is 2.14. The van der Waals surface area contributed by atoms with Crippen LogP contribution in [-0.2, 0) is 4.79 Å². The van der Waals surface area contributed by atoms with Crippen molar-refractivity contribution >= 4 is 5.91 Å². The number of amides is 1. The van der Waals surface area contributed by atoms with E-state index >= 15 is 0 Å². The van der Waals surface area contributed by atoms with Gasteiger partial charge in [-0.3, -0.25) is 4.79 Å². The van der Waals surface area contributed by atoms with Crippen molar-refractivity contribution in [2.45, 2.75) is 26.4 Å². The average molecular weight is 233 g/mol. The molecule has 0 aromatic heterocycles. The number of benzene rings is 1. The fourth-order valence-corrected chi connectivity index (χ4v) is 1.43. The number of carbonyl (C=O) groups is 1. The van der Waals surface area contributed by atoms with Gasteiger partial charge in [0.25, 0.3) is 0 Å². The van der Waals surface area contributed by atoms with E-state index in [0.717, 1.165) is 5.56 Å². The molecule has 3 heteroatoms. The van der Waals surface area contributed by atoms with E-state index < -0.39 is 6.10 Å². The summed E-state index contributed by atoms with van der Waals surface area (Å²) in [6.45, 7) is 4.07. The maximum atomic E-state index is 11.4. The van der Waals surface area contributed by atoms with E-state index in [1.807, 2.05) is 37.3 Å². The van der Waals surface area contributed by atoms with Crippen LogP contribution >= 0.6 is 0 Å². The Morgan fingerprint density at radius 2 is 2.06 bits per heavy atom. The minimum absolute atomic E-state index is 0.0761. The van der Waals surface area contributed by atoms with Gasteiger partial charge in [-0.05, 0) is 25.8 Å². The predicted octanol–water partition coefficient (Wildman–Crippen LogP) is 2.19. The van der Waals surface area contributed by atoms with Crippen molar-refractivity contribution in [3.63, 3.8) is 0 Å². The summed E-state index contributed by atoms with van der Waals surface area (Å²) >= 11 is 0. The Kier molecular flexibility index (Phi) is 5.43. The van der Waals surface area contributed by atoms with Gasteiger partial charge in [0.15, 0.2) is 0 Å². The summed E-state index contributed by atoms with van der Waals surface area (Å²) in [6.07, 6.45) is 1.76. The summed E-state index contributed by atoms with van der Waals surface area (Å²) in [4.78, 5) is 11.4. The molecule has 0 spiro atoms. The van der Waals surface area contributed by atoms with E-state index in [2.05, 4.69) is 5.32 Å². The average Bonchev–Trinajstić information content (AvgIpc) is 2.38. The molecule has 0 fully saturated rings. The summed E-state index contributed by atoms with van der Waals surface area (Å²) in [5.41, 5.74) is 1.57. The monoisotopic (exact) mass is 233 g/mol. The van der Waals surface area contributed by atoms with Gasteiger partial charge in [-0.25, -0.2) is 0 Å². The van der Waals surface area contributed by atoms with Gasteiger partial charge in [0, 0.05) is 12.1 Å². The quantitative estimate of drug-likeness (QED) is 0.766. The maximum Gasteiger partial charge on any atom is 0.246 e. The van der Waals surface area contributed by atoms with Crippen LogP contribution in [0.2, 0.25) is 0 Å². The Bertz CT molecular complexity index is 384. The van der Waals surface area contributed by atoms with E-state index in [9.17, 15) is 9.90 Å². The van der Waals surface area contributed by atoms with Gasteiger partial charge in [-0.1, -0.05) is 36.4 Å². The number of carbonyl (C=O) groups excluding carboxylic acids is 1. The zero-order valence-corrected chi connectivity index (χ0v) is 10.3. The number of aliphatic hydroxyl groups is 1. The molecule has 1 unspecified atom stereocenters. The fraction of sp³-hybridized carbons (Fsp3) is 0.357. The molecule has 0 saturated heterocycles. The van der Waals surface area contributed by atoms with E-state index in [1.165, 1.54) is 0 Å². The molecule has 0 bridgehead atoms. The van der Waals surface area contributed by atoms with Gasteiger partial charge in [0.05, 0.1) is 6.10 Å². The van der Waals surface area contributed by atoms with Gasteiger partial charge >= 0.3 is 0 Å². The second-order valence-corrected chi connectivity index (χ2v) is 3.94. The van der Waals surface area contributed by atoms with Crippen LogP contribution < -0.4 is 5.32 Å². The van der Waals surface area contributed by atoms with E-state index in [-0.39, 0.29) is 5.91 Å². The third-order valence-electron chi connectivity index (χ3n) is 2.68. The fourth-order valence-electron chi connectivity index (χ4n) is 1.43. The number of aliphatic hydroxyl groups excluding tert-OH is 1. The minimum atomic E-state index is -0.526. The number of nitrogens with one attached hydrogen (secondary N) is 1. The van der Waals surface area contributed by atoms with E-state index in [4.69, 9.17) is 0 Å². The van der Waals surface area contributed by atoms with Crippen LogP contribution in [0.15, 0.2) is 42.0 Å². The highest BCUT2D eigenvalue weighted by molar-refractivity contribution is 5.92. The largest absolute Gasteiger partial charge is 0.388 e. The first-order chi connectivity index (χ1) is 8.15. The molecule has 0 heterocycles. The standard InChI is InChI=1S/C14H19NO2/c1-3-11(2)14(17)15-10-9-13(16)12-7-5-4-6-8-12/h3-8,13,16H,9-10H2,1-2H3,(H,15,17). The van der Waals surface area contributed by atoms with Crippen molar-refractivity contribution in [2.24, 2.45) is 0 Å². The molecule has 1 atom stereocenters. The Hall–Kier alpha value is -1.61. The molecule has 0 aliphatic heterocycles. The Morgan fingerprint density at radius 3 is 2.65 bits per heavy atom. The van der Waals surface area contributed by atoms with Crippen molar-refractivity contribution in [3.8, 4) is 0 Å². The van der Waals surface area contributed by atoms with Crippen molar-refractivity contribution in [2.75, 3.05) is 6.54 Å². The SMILES string of the molecule is CC=C(C)C(=O)NCCC(O)c1ccccc1. The molecule has 1 aromatic carbocycles. The molecule has 17 heavy (non-hydrogen) atoms. The lowest BCUT2D eigenvalue weighted by Gasteiger charge is -2.11. The van der Waals surface area contributed by atoms with Gasteiger partial charge in [-0.15, -0.1) is 0 Å². The molecule has 1 amide bonds. The molecule has 0 saturated carbocycles. The summed E-state index contributed by atoms with van der Waals surface area (Å²) in [7, 11) is 0. The molecular weight excluding hydrogens is 214 g/mol. The normalized spacial score (nSPS) is 13.2. The molecule has 1 rings (SSSR count). The summed E-state index contributed by atoms with van der Waals surface area (Å²) < 4.78 is 0. The lowest BCUT2D eigenvalue weighted by Crippen LogP contribution is -2.26. The van der Waals surface area contributed by atoms with Gasteiger partial charge in [0.1, 0.15) is 0 Å². The Morgan fingerprint density at radius 1 is 1.41 bits per heavy atom. The third kappa shape index (κ3) is 4.41. The molecule has 92 valence electrons. The smallest absolute Gasteiger partial charge is 0.246 e. The number of rotatable bonds is 5. The van der Waals surface area contributed by atoms with Gasteiger partial charge < -0.3 is 10.4 Å². The molecule has 2 N–H and O–H groups in total. The van der Waals surface area contributed by atoms with Crippen LogP contribution in [0.25, 0.3) is 0 Å². The van der Waals surface area contributed by atoms with Crippen LogP contribution in [0.5, 0.6) is 0 Å². The molecule has 3 nitrogen and oxygen atoms in total. The van der Waals surface area contributed by atoms with Crippen molar-refractivity contribution in [1.29, 1.82) is 0 Å². The number of allylic oxidation sites excluding steroid dienone is 1. The second kappa shape index (κ2) is 6.86. The third-order valence-corrected chi connectivity index (χ3v) is 2.68. The first-order valence-corrected chi connectivity index (χ1v) is 5.79. The Labute approximate surface area is 102 Å². The summed E-state index contributed by atoms with van der Waals surface area (Å²) in [5, 5.41) is 12.6. The van der Waals surface area contributed by atoms with Crippen LogP contribution in [0, 0.1) is 0 Å². The zero-order chi connectivity index (χ0) is 12.7. The van der Waals surface area contributed by atoms with Gasteiger partial charge in [0.2, 0.25) is 5.91 Å². The predicted molar refractivity (Wildman–Crippen MR) is 68.5 cm³/mol. The summed E-state index contributed by atoms with van der Waals surface area (Å²) in [6, 6.07) is 9.45. The molecular formula is C14H19NO2. The minimum Gasteiger partial charge on any atom is -0.388 e. The molecule has 0 aliphatic carbocycles. The van der Waals surface area contributed by atoms with Crippen LogP contribution in [0.1, 0.15) is 31.9 Å². The van der Waals surface area contributed by atoms with Crippen LogP contribution in [-0.4, -0.2) is 17.6 Å².